The average Bonchev–Trinajstić information content (AvgIpc) is 2.63. The molecule has 8 heteroatoms. The molecule has 0 aliphatic rings. The van der Waals surface area contributed by atoms with Gasteiger partial charge in [0.25, 0.3) is 0 Å². The molecule has 0 saturated heterocycles. The second-order valence-electron chi connectivity index (χ2n) is 8.02. The van der Waals surface area contributed by atoms with Crippen molar-refractivity contribution in [2.45, 2.75) is 53.1 Å². The van der Waals surface area contributed by atoms with Crippen LogP contribution >= 0.6 is 20.4 Å². The van der Waals surface area contributed by atoms with E-state index in [1.54, 1.807) is 0 Å². The Kier molecular flexibility index (Phi) is 7.05. The van der Waals surface area contributed by atoms with E-state index in [0.29, 0.717) is 0 Å². The van der Waals surface area contributed by atoms with E-state index in [0.717, 1.165) is 17.9 Å². The van der Waals surface area contributed by atoms with E-state index in [9.17, 15) is 0 Å². The second-order valence-corrected chi connectivity index (χ2v) is 21.2. The molecule has 134 valence electrons. The van der Waals surface area contributed by atoms with Crippen LogP contribution < -0.4 is 5.44 Å². The predicted octanol–water partition coefficient (Wildman–Crippen LogP) is 4.34. The van der Waals surface area contributed by atoms with Gasteiger partial charge in [0, 0.05) is 33.4 Å². The Balaban J connectivity index is 3.63. The Morgan fingerprint density at radius 3 is 1.70 bits per heavy atom. The maximum Gasteiger partial charge on any atom is 0.179 e. The van der Waals surface area contributed by atoms with Crippen molar-refractivity contribution in [1.29, 1.82) is 0 Å². The number of hydrogen-bond acceptors (Lipinski definition) is 3. The lowest BCUT2D eigenvalue weighted by molar-refractivity contribution is 0.496. The summed E-state index contributed by atoms with van der Waals surface area (Å²) >= 11 is 5.59. The largest absolute Gasteiger partial charge is 0.326 e. The molecule has 1 unspecified atom stereocenters. The maximum atomic E-state index is 5.59. The first-order valence-corrected chi connectivity index (χ1v) is 17.0. The van der Waals surface area contributed by atoms with Crippen molar-refractivity contribution in [1.82, 2.24) is 17.8 Å². The zero-order valence-corrected chi connectivity index (χ0v) is 20.3. The normalized spacial score (nSPS) is 14.8. The summed E-state index contributed by atoms with van der Waals surface area (Å²) in [6, 6.07) is 0. The van der Waals surface area contributed by atoms with Gasteiger partial charge in [-0.25, -0.2) is 0 Å². The van der Waals surface area contributed by atoms with Crippen molar-refractivity contribution in [3.05, 3.63) is 11.0 Å². The van der Waals surface area contributed by atoms with E-state index in [-0.39, 0.29) is 0 Å². The first-order chi connectivity index (χ1) is 10.4. The standard InChI is InChI=1S/C15H35N4PSSi2/c1-11-18(12-2)20(14-13-16(3)15(21)17(14)4)19(22(5,6)7)23(8,9)10/h13H,11-12H2,1-10H3. The highest BCUT2D eigenvalue weighted by molar-refractivity contribution is 7.71. The molecule has 1 atom stereocenters. The molecule has 1 aromatic heterocycles. The van der Waals surface area contributed by atoms with Crippen LogP contribution in [0.25, 0.3) is 0 Å². The van der Waals surface area contributed by atoms with Crippen LogP contribution in [0.1, 0.15) is 13.8 Å². The Morgan fingerprint density at radius 1 is 1.00 bits per heavy atom. The Morgan fingerprint density at radius 2 is 1.43 bits per heavy atom. The zero-order valence-electron chi connectivity index (χ0n) is 16.6. The van der Waals surface area contributed by atoms with Gasteiger partial charge < -0.3 is 13.1 Å². The van der Waals surface area contributed by atoms with Crippen molar-refractivity contribution < 1.29 is 0 Å². The van der Waals surface area contributed by atoms with E-state index in [2.05, 4.69) is 91.2 Å². The van der Waals surface area contributed by atoms with E-state index in [4.69, 9.17) is 12.2 Å². The molecular formula is C15H35N4PSSi2. The van der Waals surface area contributed by atoms with E-state index in [1.165, 1.54) is 5.44 Å². The minimum atomic E-state index is -1.47. The summed E-state index contributed by atoms with van der Waals surface area (Å²) in [6.45, 7) is 21.6. The number of nitrogens with zero attached hydrogens (tertiary/aromatic N) is 4. The molecule has 0 N–H and O–H groups in total. The molecule has 0 aromatic carbocycles. The van der Waals surface area contributed by atoms with Crippen LogP contribution in [0.5, 0.6) is 0 Å². The topological polar surface area (TPSA) is 16.3 Å². The third-order valence-electron chi connectivity index (χ3n) is 3.90. The summed E-state index contributed by atoms with van der Waals surface area (Å²) in [5.74, 6) is 0. The molecule has 23 heavy (non-hydrogen) atoms. The van der Waals surface area contributed by atoms with Crippen molar-refractivity contribution >= 4 is 42.3 Å². The number of hydrogen-bond donors (Lipinski definition) is 0. The van der Waals surface area contributed by atoms with Gasteiger partial charge in [0.1, 0.15) is 16.5 Å². The van der Waals surface area contributed by atoms with E-state index < -0.39 is 24.7 Å². The minimum Gasteiger partial charge on any atom is -0.326 e. The molecule has 0 aliphatic heterocycles. The fourth-order valence-corrected chi connectivity index (χ4v) is 19.4. The van der Waals surface area contributed by atoms with E-state index >= 15 is 0 Å². The number of aromatic nitrogens is 2. The predicted molar refractivity (Wildman–Crippen MR) is 113 cm³/mol. The monoisotopic (exact) mass is 390 g/mol. The van der Waals surface area contributed by atoms with Gasteiger partial charge in [-0.1, -0.05) is 53.1 Å². The van der Waals surface area contributed by atoms with Gasteiger partial charge in [-0.05, 0) is 12.2 Å². The molecule has 0 bridgehead atoms. The molecule has 4 nitrogen and oxygen atoms in total. The summed E-state index contributed by atoms with van der Waals surface area (Å²) < 4.78 is 10.8. The van der Waals surface area contributed by atoms with Crippen LogP contribution in [-0.2, 0) is 14.1 Å². The molecule has 1 aromatic rings. The molecule has 1 rings (SSSR count). The summed E-state index contributed by atoms with van der Waals surface area (Å²) in [5.41, 5.74) is 1.39. The lowest BCUT2D eigenvalue weighted by atomic mass is 10.7. The third-order valence-corrected chi connectivity index (χ3v) is 18.1. The van der Waals surface area contributed by atoms with Crippen molar-refractivity contribution in [3.63, 3.8) is 0 Å². The SMILES string of the molecule is CCN(CC)P(c1cn(C)c(=S)n1C)N([Si](C)(C)C)[Si](C)(C)C. The zero-order chi connectivity index (χ0) is 18.2. The molecule has 0 aliphatic carbocycles. The first kappa shape index (κ1) is 21.3. The molecule has 0 radical (unpaired) electrons. The van der Waals surface area contributed by atoms with E-state index in [1.807, 2.05) is 0 Å². The van der Waals surface area contributed by atoms with Crippen LogP contribution in [-0.4, -0.2) is 47.4 Å². The first-order valence-electron chi connectivity index (χ1n) is 8.43. The molecule has 0 amide bonds. The van der Waals surface area contributed by atoms with Gasteiger partial charge in [-0.3, -0.25) is 4.67 Å². The van der Waals surface area contributed by atoms with Crippen LogP contribution in [0.15, 0.2) is 6.20 Å². The highest BCUT2D eigenvalue weighted by Gasteiger charge is 2.43. The van der Waals surface area contributed by atoms with Gasteiger partial charge in [-0.2, -0.15) is 0 Å². The lowest BCUT2D eigenvalue weighted by Crippen LogP contribution is -2.59. The maximum absolute atomic E-state index is 5.59. The van der Waals surface area contributed by atoms with Crippen molar-refractivity contribution in [2.24, 2.45) is 14.1 Å². The minimum absolute atomic E-state index is 0.510. The Hall–Kier alpha value is 0.214. The smallest absolute Gasteiger partial charge is 0.179 e. The lowest BCUT2D eigenvalue weighted by Gasteiger charge is -2.51. The summed E-state index contributed by atoms with van der Waals surface area (Å²) in [6.07, 6.45) is 2.26. The summed E-state index contributed by atoms with van der Waals surface area (Å²) in [4.78, 5) is 0. The molecule has 0 fully saturated rings. The number of aryl methyl sites for hydroxylation is 1. The highest BCUT2D eigenvalue weighted by Crippen LogP contribution is 2.49. The third kappa shape index (κ3) is 4.64. The molecule has 0 saturated carbocycles. The summed E-state index contributed by atoms with van der Waals surface area (Å²) in [7, 11) is 0.746. The van der Waals surface area contributed by atoms with Crippen LogP contribution in [0.3, 0.4) is 0 Å². The van der Waals surface area contributed by atoms with Gasteiger partial charge in [0.2, 0.25) is 0 Å². The van der Waals surface area contributed by atoms with Crippen LogP contribution in [0.2, 0.25) is 39.3 Å². The molecule has 1 heterocycles. The Bertz CT molecular complexity index is 568. The van der Waals surface area contributed by atoms with Gasteiger partial charge in [0.15, 0.2) is 4.77 Å². The fraction of sp³-hybridized carbons (Fsp3) is 0.800. The quantitative estimate of drug-likeness (QED) is 0.391. The van der Waals surface area contributed by atoms with Crippen LogP contribution in [0.4, 0.5) is 0 Å². The van der Waals surface area contributed by atoms with Crippen LogP contribution in [0, 0.1) is 4.77 Å². The van der Waals surface area contributed by atoms with Crippen molar-refractivity contribution in [2.75, 3.05) is 13.1 Å². The molecular weight excluding hydrogens is 355 g/mol. The summed E-state index contributed by atoms with van der Waals surface area (Å²) in [5, 5.41) is 0. The second kappa shape index (κ2) is 7.62. The molecule has 0 spiro atoms. The number of rotatable bonds is 7. The fourth-order valence-electron chi connectivity index (χ4n) is 3.28. The van der Waals surface area contributed by atoms with Gasteiger partial charge >= 0.3 is 0 Å². The Labute approximate surface area is 151 Å². The van der Waals surface area contributed by atoms with Gasteiger partial charge in [0.05, 0.1) is 13.7 Å². The highest BCUT2D eigenvalue weighted by atomic mass is 32.1. The van der Waals surface area contributed by atoms with Gasteiger partial charge in [-0.15, -0.1) is 0 Å². The average molecular weight is 391 g/mol. The number of imidazole rings is 1. The van der Waals surface area contributed by atoms with Crippen molar-refractivity contribution in [3.8, 4) is 0 Å².